The highest BCUT2D eigenvalue weighted by Crippen LogP contribution is 2.23. The molecular formula is C25H20N2O4. The van der Waals surface area contributed by atoms with Crippen LogP contribution in [0.2, 0.25) is 0 Å². The molecule has 0 bridgehead atoms. The molecule has 0 amide bonds. The van der Waals surface area contributed by atoms with Crippen LogP contribution in [0.3, 0.4) is 0 Å². The van der Waals surface area contributed by atoms with Crippen molar-refractivity contribution in [2.45, 2.75) is 20.0 Å². The Morgan fingerprint density at radius 1 is 0.806 bits per heavy atom. The second-order valence-electron chi connectivity index (χ2n) is 7.13. The Kier molecular flexibility index (Phi) is 5.71. The van der Waals surface area contributed by atoms with Crippen molar-refractivity contribution < 1.29 is 18.7 Å². The molecule has 6 heteroatoms. The van der Waals surface area contributed by atoms with Crippen LogP contribution in [-0.4, -0.2) is 21.9 Å². The maximum atomic E-state index is 12.5. The van der Waals surface area contributed by atoms with Crippen LogP contribution >= 0.6 is 0 Å². The van der Waals surface area contributed by atoms with E-state index in [1.54, 1.807) is 43.3 Å². The average molecular weight is 412 g/mol. The Balaban J connectivity index is 1.42. The molecule has 3 aromatic carbocycles. The number of ether oxygens (including phenoxy) is 1. The van der Waals surface area contributed by atoms with Gasteiger partial charge in [0.25, 0.3) is 5.89 Å². The van der Waals surface area contributed by atoms with E-state index in [1.165, 1.54) is 0 Å². The minimum Gasteiger partial charge on any atom is -0.449 e. The maximum Gasteiger partial charge on any atom is 0.338 e. The molecule has 0 aliphatic heterocycles. The van der Waals surface area contributed by atoms with Gasteiger partial charge < -0.3 is 9.15 Å². The van der Waals surface area contributed by atoms with Crippen LogP contribution in [-0.2, 0) is 4.74 Å². The lowest BCUT2D eigenvalue weighted by Gasteiger charge is -2.09. The summed E-state index contributed by atoms with van der Waals surface area (Å²) < 4.78 is 11.1. The Labute approximate surface area is 179 Å². The lowest BCUT2D eigenvalue weighted by atomic mass is 10.0. The number of carbonyl (C=O) groups excluding carboxylic acids is 2. The Bertz CT molecular complexity index is 1200. The van der Waals surface area contributed by atoms with Gasteiger partial charge in [-0.3, -0.25) is 4.79 Å². The molecule has 0 radical (unpaired) electrons. The first kappa shape index (κ1) is 20.2. The van der Waals surface area contributed by atoms with E-state index >= 15 is 0 Å². The van der Waals surface area contributed by atoms with Crippen LogP contribution in [0, 0.1) is 6.92 Å². The quantitative estimate of drug-likeness (QED) is 0.320. The van der Waals surface area contributed by atoms with Crippen molar-refractivity contribution in [1.82, 2.24) is 10.2 Å². The molecule has 4 aromatic rings. The van der Waals surface area contributed by atoms with Crippen molar-refractivity contribution >= 4 is 11.8 Å². The Hall–Kier alpha value is -4.06. The first-order chi connectivity index (χ1) is 15.0. The molecule has 0 unspecified atom stereocenters. The molecule has 154 valence electrons. The number of aromatic nitrogens is 2. The summed E-state index contributed by atoms with van der Waals surface area (Å²) in [6.45, 7) is 3.66. The van der Waals surface area contributed by atoms with Crippen molar-refractivity contribution in [3.8, 4) is 11.5 Å². The number of rotatable bonds is 6. The van der Waals surface area contributed by atoms with Crippen molar-refractivity contribution in [2.24, 2.45) is 0 Å². The van der Waals surface area contributed by atoms with Gasteiger partial charge >= 0.3 is 5.97 Å². The molecule has 0 fully saturated rings. The summed E-state index contributed by atoms with van der Waals surface area (Å²) in [5.41, 5.74) is 3.33. The van der Waals surface area contributed by atoms with Gasteiger partial charge in [-0.05, 0) is 38.1 Å². The maximum absolute atomic E-state index is 12.5. The molecular weight excluding hydrogens is 392 g/mol. The van der Waals surface area contributed by atoms with Crippen LogP contribution in [0.5, 0.6) is 0 Å². The summed E-state index contributed by atoms with van der Waals surface area (Å²) in [5, 5.41) is 8.03. The predicted octanol–water partition coefficient (Wildman–Crippen LogP) is 5.19. The topological polar surface area (TPSA) is 82.3 Å². The molecule has 6 nitrogen and oxygen atoms in total. The van der Waals surface area contributed by atoms with Gasteiger partial charge in [0.1, 0.15) is 0 Å². The van der Waals surface area contributed by atoms with Gasteiger partial charge in [0, 0.05) is 16.7 Å². The third kappa shape index (κ3) is 4.59. The van der Waals surface area contributed by atoms with Crippen molar-refractivity contribution in [3.05, 3.63) is 107 Å². The lowest BCUT2D eigenvalue weighted by Crippen LogP contribution is -2.10. The SMILES string of the molecule is Cc1ccc(-c2nnc([C@@H](C)OC(=O)c3ccc(C(=O)c4ccccc4)cc3)o2)cc1. The van der Waals surface area contributed by atoms with Gasteiger partial charge in [-0.25, -0.2) is 4.79 Å². The number of esters is 1. The van der Waals surface area contributed by atoms with Gasteiger partial charge in [0.15, 0.2) is 11.9 Å². The van der Waals surface area contributed by atoms with E-state index in [0.717, 1.165) is 11.1 Å². The number of aryl methyl sites for hydroxylation is 1. The molecule has 1 atom stereocenters. The van der Waals surface area contributed by atoms with Crippen molar-refractivity contribution in [3.63, 3.8) is 0 Å². The molecule has 0 saturated carbocycles. The van der Waals surface area contributed by atoms with Crippen LogP contribution in [0.25, 0.3) is 11.5 Å². The summed E-state index contributed by atoms with van der Waals surface area (Å²) in [4.78, 5) is 25.0. The fourth-order valence-electron chi connectivity index (χ4n) is 3.00. The second-order valence-corrected chi connectivity index (χ2v) is 7.13. The van der Waals surface area contributed by atoms with Crippen molar-refractivity contribution in [2.75, 3.05) is 0 Å². The van der Waals surface area contributed by atoms with E-state index in [4.69, 9.17) is 9.15 Å². The number of nitrogens with zero attached hydrogens (tertiary/aromatic N) is 2. The average Bonchev–Trinajstić information content (AvgIpc) is 3.30. The number of hydrogen-bond donors (Lipinski definition) is 0. The van der Waals surface area contributed by atoms with Crippen LogP contribution in [0.15, 0.2) is 83.3 Å². The molecule has 0 aliphatic carbocycles. The molecule has 31 heavy (non-hydrogen) atoms. The zero-order chi connectivity index (χ0) is 21.8. The van der Waals surface area contributed by atoms with E-state index in [9.17, 15) is 9.59 Å². The first-order valence-corrected chi connectivity index (χ1v) is 9.82. The molecule has 0 spiro atoms. The van der Waals surface area contributed by atoms with E-state index in [0.29, 0.717) is 22.6 Å². The van der Waals surface area contributed by atoms with Crippen molar-refractivity contribution in [1.29, 1.82) is 0 Å². The summed E-state index contributed by atoms with van der Waals surface area (Å²) in [7, 11) is 0. The van der Waals surface area contributed by atoms with E-state index < -0.39 is 12.1 Å². The number of hydrogen-bond acceptors (Lipinski definition) is 6. The summed E-state index contributed by atoms with van der Waals surface area (Å²) >= 11 is 0. The van der Waals surface area contributed by atoms with E-state index in [2.05, 4.69) is 10.2 Å². The second kappa shape index (κ2) is 8.75. The van der Waals surface area contributed by atoms with Crippen LogP contribution in [0.1, 0.15) is 50.8 Å². The van der Waals surface area contributed by atoms with Gasteiger partial charge in [-0.2, -0.15) is 0 Å². The Morgan fingerprint density at radius 3 is 2.10 bits per heavy atom. The smallest absolute Gasteiger partial charge is 0.338 e. The molecule has 0 N–H and O–H groups in total. The van der Waals surface area contributed by atoms with Gasteiger partial charge in [-0.1, -0.05) is 60.2 Å². The molecule has 1 aromatic heterocycles. The summed E-state index contributed by atoms with van der Waals surface area (Å²) in [5.74, 6) is -0.0776. The lowest BCUT2D eigenvalue weighted by molar-refractivity contribution is 0.0279. The van der Waals surface area contributed by atoms with Gasteiger partial charge in [0.2, 0.25) is 5.89 Å². The highest BCUT2D eigenvalue weighted by Gasteiger charge is 2.20. The third-order valence-corrected chi connectivity index (χ3v) is 4.79. The zero-order valence-corrected chi connectivity index (χ0v) is 17.1. The van der Waals surface area contributed by atoms with Crippen LogP contribution in [0.4, 0.5) is 0 Å². The Morgan fingerprint density at radius 2 is 1.42 bits per heavy atom. The summed E-state index contributed by atoms with van der Waals surface area (Å²) in [6, 6.07) is 23.0. The minimum atomic E-state index is -0.718. The summed E-state index contributed by atoms with van der Waals surface area (Å²) in [6.07, 6.45) is -0.718. The molecule has 4 rings (SSSR count). The molecule has 0 aliphatic rings. The number of carbonyl (C=O) groups is 2. The van der Waals surface area contributed by atoms with Gasteiger partial charge in [-0.15, -0.1) is 10.2 Å². The highest BCUT2D eigenvalue weighted by atomic mass is 16.6. The highest BCUT2D eigenvalue weighted by molar-refractivity contribution is 6.09. The van der Waals surface area contributed by atoms with E-state index in [-0.39, 0.29) is 11.7 Å². The zero-order valence-electron chi connectivity index (χ0n) is 17.1. The third-order valence-electron chi connectivity index (χ3n) is 4.79. The first-order valence-electron chi connectivity index (χ1n) is 9.82. The van der Waals surface area contributed by atoms with E-state index in [1.807, 2.05) is 49.4 Å². The standard InChI is InChI=1S/C25H20N2O4/c1-16-8-10-20(11-9-16)24-27-26-23(31-24)17(2)30-25(29)21-14-12-19(13-15-21)22(28)18-6-4-3-5-7-18/h3-15,17H,1-2H3/t17-/m1/s1. The fraction of sp³-hybridized carbons (Fsp3) is 0.120. The fourth-order valence-corrected chi connectivity index (χ4v) is 3.00. The predicted molar refractivity (Wildman–Crippen MR) is 115 cm³/mol. The molecule has 0 saturated heterocycles. The largest absolute Gasteiger partial charge is 0.449 e. The normalized spacial score (nSPS) is 11.7. The van der Waals surface area contributed by atoms with Gasteiger partial charge in [0.05, 0.1) is 5.56 Å². The monoisotopic (exact) mass is 412 g/mol. The number of ketones is 1. The number of benzene rings is 3. The minimum absolute atomic E-state index is 0.108. The molecule has 1 heterocycles. The van der Waals surface area contributed by atoms with Crippen LogP contribution < -0.4 is 0 Å².